The molecular weight excluding hydrogens is 250 g/mol. The van der Waals surface area contributed by atoms with Gasteiger partial charge in [-0.2, -0.15) is 0 Å². The molecule has 0 radical (unpaired) electrons. The van der Waals surface area contributed by atoms with E-state index in [1.165, 1.54) is 12.0 Å². The van der Waals surface area contributed by atoms with Crippen molar-refractivity contribution in [3.05, 3.63) is 29.8 Å². The first-order valence-electron chi connectivity index (χ1n) is 7.21. The third kappa shape index (κ3) is 5.90. The lowest BCUT2D eigenvalue weighted by Gasteiger charge is -2.25. The van der Waals surface area contributed by atoms with E-state index in [1.807, 2.05) is 19.2 Å². The molecule has 1 N–H and O–H groups in total. The molecule has 0 saturated carbocycles. The highest BCUT2D eigenvalue weighted by Gasteiger charge is 2.12. The number of nitrogens with zero attached hydrogens (tertiary/aromatic N) is 2. The van der Waals surface area contributed by atoms with Gasteiger partial charge in [-0.05, 0) is 65.4 Å². The summed E-state index contributed by atoms with van der Waals surface area (Å²) in [7, 11) is 10.1. The molecular formula is C16H29N3O. The second-order valence-electron chi connectivity index (χ2n) is 5.54. The lowest BCUT2D eigenvalue weighted by atomic mass is 10.1. The first-order chi connectivity index (χ1) is 9.56. The molecule has 0 aliphatic carbocycles. The normalized spacial score (nSPS) is 12.9. The smallest absolute Gasteiger partial charge is 0.119 e. The van der Waals surface area contributed by atoms with E-state index in [2.05, 4.69) is 48.4 Å². The van der Waals surface area contributed by atoms with E-state index in [0.717, 1.165) is 25.4 Å². The minimum Gasteiger partial charge on any atom is -0.497 e. The Hall–Kier alpha value is -1.10. The lowest BCUT2D eigenvalue weighted by molar-refractivity contribution is 0.275. The van der Waals surface area contributed by atoms with E-state index in [9.17, 15) is 0 Å². The summed E-state index contributed by atoms with van der Waals surface area (Å²) in [6.07, 6.45) is 1.19. The molecule has 0 aromatic heterocycles. The molecule has 1 aromatic rings. The fourth-order valence-corrected chi connectivity index (χ4v) is 2.28. The van der Waals surface area contributed by atoms with E-state index in [-0.39, 0.29) is 0 Å². The Bertz CT molecular complexity index is 382. The van der Waals surface area contributed by atoms with Gasteiger partial charge in [-0.3, -0.25) is 0 Å². The molecule has 1 aromatic carbocycles. The molecule has 1 atom stereocenters. The highest BCUT2D eigenvalue weighted by molar-refractivity contribution is 5.30. The maximum Gasteiger partial charge on any atom is 0.119 e. The van der Waals surface area contributed by atoms with Gasteiger partial charge < -0.3 is 19.9 Å². The molecule has 0 fully saturated rings. The largest absolute Gasteiger partial charge is 0.497 e. The number of ether oxygens (including phenoxy) is 1. The van der Waals surface area contributed by atoms with Gasteiger partial charge in [-0.15, -0.1) is 0 Å². The number of nitrogens with one attached hydrogen (secondary N) is 1. The number of hydrogen-bond acceptors (Lipinski definition) is 4. The minimum atomic E-state index is 0.328. The molecule has 114 valence electrons. The van der Waals surface area contributed by atoms with Crippen molar-refractivity contribution < 1.29 is 4.74 Å². The van der Waals surface area contributed by atoms with E-state index in [0.29, 0.717) is 6.04 Å². The number of methoxy groups -OCH3 is 1. The topological polar surface area (TPSA) is 27.7 Å². The van der Waals surface area contributed by atoms with Crippen LogP contribution in [0.3, 0.4) is 0 Å². The quantitative estimate of drug-likeness (QED) is 0.746. The first-order valence-corrected chi connectivity index (χ1v) is 7.21. The molecule has 20 heavy (non-hydrogen) atoms. The Labute approximate surface area is 123 Å². The Balaban J connectivity index is 2.53. The van der Waals surface area contributed by atoms with Crippen molar-refractivity contribution in [3.8, 4) is 5.75 Å². The number of benzene rings is 1. The Kier molecular flexibility index (Phi) is 7.59. The van der Waals surface area contributed by atoms with Gasteiger partial charge in [0.05, 0.1) is 7.11 Å². The average Bonchev–Trinajstić information content (AvgIpc) is 2.44. The van der Waals surface area contributed by atoms with Crippen LogP contribution in [0.5, 0.6) is 5.75 Å². The third-order valence-electron chi connectivity index (χ3n) is 3.48. The van der Waals surface area contributed by atoms with Crippen molar-refractivity contribution in [3.63, 3.8) is 0 Å². The van der Waals surface area contributed by atoms with E-state index >= 15 is 0 Å². The Morgan fingerprint density at radius 3 is 2.55 bits per heavy atom. The predicted octanol–water partition coefficient (Wildman–Crippen LogP) is 1.84. The number of hydrogen-bond donors (Lipinski definition) is 1. The van der Waals surface area contributed by atoms with Gasteiger partial charge in [0.25, 0.3) is 0 Å². The van der Waals surface area contributed by atoms with Crippen LogP contribution >= 0.6 is 0 Å². The summed E-state index contributed by atoms with van der Waals surface area (Å²) in [4.78, 5) is 4.61. The predicted molar refractivity (Wildman–Crippen MR) is 85.5 cm³/mol. The van der Waals surface area contributed by atoms with Crippen molar-refractivity contribution in [2.24, 2.45) is 0 Å². The van der Waals surface area contributed by atoms with Gasteiger partial charge in [-0.1, -0.05) is 12.1 Å². The Morgan fingerprint density at radius 2 is 1.95 bits per heavy atom. The molecule has 0 aliphatic rings. The van der Waals surface area contributed by atoms with Gasteiger partial charge in [0.2, 0.25) is 0 Å². The van der Waals surface area contributed by atoms with Crippen LogP contribution in [0.4, 0.5) is 0 Å². The van der Waals surface area contributed by atoms with Gasteiger partial charge in [-0.25, -0.2) is 0 Å². The molecule has 4 heteroatoms. The van der Waals surface area contributed by atoms with Crippen molar-refractivity contribution in [2.45, 2.75) is 12.5 Å². The van der Waals surface area contributed by atoms with E-state index in [1.54, 1.807) is 7.11 Å². The third-order valence-corrected chi connectivity index (χ3v) is 3.48. The molecule has 1 rings (SSSR count). The summed E-state index contributed by atoms with van der Waals surface area (Å²) in [6.45, 7) is 3.24. The molecule has 0 aliphatic heterocycles. The average molecular weight is 279 g/mol. The van der Waals surface area contributed by atoms with Crippen LogP contribution in [0, 0.1) is 0 Å². The van der Waals surface area contributed by atoms with Crippen LogP contribution < -0.4 is 10.1 Å². The molecule has 1 unspecified atom stereocenters. The maximum atomic E-state index is 5.30. The summed E-state index contributed by atoms with van der Waals surface area (Å²) in [5, 5.41) is 3.39. The summed E-state index contributed by atoms with van der Waals surface area (Å²) >= 11 is 0. The van der Waals surface area contributed by atoms with E-state index < -0.39 is 0 Å². The van der Waals surface area contributed by atoms with Crippen LogP contribution in [0.2, 0.25) is 0 Å². The van der Waals surface area contributed by atoms with E-state index in [4.69, 9.17) is 4.74 Å². The van der Waals surface area contributed by atoms with Crippen LogP contribution in [-0.2, 0) is 0 Å². The maximum absolute atomic E-state index is 5.30. The van der Waals surface area contributed by atoms with Crippen molar-refractivity contribution in [1.82, 2.24) is 15.1 Å². The summed E-state index contributed by atoms with van der Waals surface area (Å²) < 4.78 is 5.30. The molecule has 0 saturated heterocycles. The summed E-state index contributed by atoms with van der Waals surface area (Å²) in [6, 6.07) is 8.61. The first kappa shape index (κ1) is 17.0. The van der Waals surface area contributed by atoms with Gasteiger partial charge >= 0.3 is 0 Å². The zero-order chi connectivity index (χ0) is 15.0. The molecule has 0 amide bonds. The zero-order valence-corrected chi connectivity index (χ0v) is 13.5. The molecule has 0 bridgehead atoms. The number of rotatable bonds is 9. The SMILES string of the molecule is CNC(CN(C)CCCN(C)C)c1cccc(OC)c1. The molecule has 0 heterocycles. The van der Waals surface area contributed by atoms with Crippen molar-refractivity contribution in [2.75, 3.05) is 54.9 Å². The highest BCUT2D eigenvalue weighted by Crippen LogP contribution is 2.19. The van der Waals surface area contributed by atoms with Crippen LogP contribution in [0.1, 0.15) is 18.0 Å². The minimum absolute atomic E-state index is 0.328. The second kappa shape index (κ2) is 8.95. The van der Waals surface area contributed by atoms with Crippen LogP contribution in [0.25, 0.3) is 0 Å². The molecule has 0 spiro atoms. The summed E-state index contributed by atoms with van der Waals surface area (Å²) in [5.74, 6) is 0.915. The summed E-state index contributed by atoms with van der Waals surface area (Å²) in [5.41, 5.74) is 1.27. The van der Waals surface area contributed by atoms with Crippen LogP contribution in [-0.4, -0.2) is 64.7 Å². The Morgan fingerprint density at radius 1 is 1.20 bits per heavy atom. The molecule has 4 nitrogen and oxygen atoms in total. The fourth-order valence-electron chi connectivity index (χ4n) is 2.28. The van der Waals surface area contributed by atoms with Gasteiger partial charge in [0.15, 0.2) is 0 Å². The highest BCUT2D eigenvalue weighted by atomic mass is 16.5. The van der Waals surface area contributed by atoms with Crippen molar-refractivity contribution in [1.29, 1.82) is 0 Å². The van der Waals surface area contributed by atoms with Crippen LogP contribution in [0.15, 0.2) is 24.3 Å². The number of likely N-dealkylation sites (N-methyl/N-ethyl adjacent to an activating group) is 2. The van der Waals surface area contributed by atoms with Crippen molar-refractivity contribution >= 4 is 0 Å². The van der Waals surface area contributed by atoms with Gasteiger partial charge in [0.1, 0.15) is 5.75 Å². The standard InChI is InChI=1S/C16H29N3O/c1-17-16(13-19(4)11-7-10-18(2)3)14-8-6-9-15(12-14)20-5/h6,8-9,12,16-17H,7,10-11,13H2,1-5H3. The fraction of sp³-hybridized carbons (Fsp3) is 0.625. The zero-order valence-electron chi connectivity index (χ0n) is 13.5. The monoisotopic (exact) mass is 279 g/mol. The van der Waals surface area contributed by atoms with Gasteiger partial charge in [0, 0.05) is 12.6 Å². The lowest BCUT2D eigenvalue weighted by Crippen LogP contribution is -2.32. The second-order valence-corrected chi connectivity index (χ2v) is 5.54.